The van der Waals surface area contributed by atoms with Crippen LogP contribution in [0.15, 0.2) is 21.8 Å². The Balaban J connectivity index is 2.99. The molecule has 0 fully saturated rings. The van der Waals surface area contributed by atoms with Gasteiger partial charge in [-0.15, -0.1) is 12.6 Å². The lowest BCUT2D eigenvalue weighted by Crippen LogP contribution is -1.99. The van der Waals surface area contributed by atoms with Crippen molar-refractivity contribution < 1.29 is 0 Å². The molecule has 0 aliphatic rings. The van der Waals surface area contributed by atoms with Gasteiger partial charge in [0.05, 0.1) is 16.1 Å². The van der Waals surface area contributed by atoms with Crippen molar-refractivity contribution in [2.24, 2.45) is 0 Å². The molecule has 0 saturated carbocycles. The van der Waals surface area contributed by atoms with Crippen molar-refractivity contribution in [1.29, 1.82) is 0 Å². The third kappa shape index (κ3) is 1.04. The topological polar surface area (TPSA) is 48.6 Å². The second-order valence-corrected chi connectivity index (χ2v) is 3.26. The highest BCUT2D eigenvalue weighted by Gasteiger charge is 2.04. The van der Waals surface area contributed by atoms with E-state index in [0.29, 0.717) is 21.0 Å². The number of hydrogen-bond donors (Lipinski definition) is 3. The number of H-pyrrole nitrogens is 2. The first kappa shape index (κ1) is 7.76. The number of aromatic nitrogens is 2. The Hall–Kier alpha value is -0.870. The van der Waals surface area contributed by atoms with Gasteiger partial charge in [0.15, 0.2) is 0 Å². The summed E-state index contributed by atoms with van der Waals surface area (Å²) < 4.78 is 0. The minimum absolute atomic E-state index is 0.258. The van der Waals surface area contributed by atoms with Crippen LogP contribution in [-0.4, -0.2) is 9.97 Å². The average molecular weight is 201 g/mol. The van der Waals surface area contributed by atoms with Crippen LogP contribution in [-0.2, 0) is 0 Å². The molecule has 12 heavy (non-hydrogen) atoms. The number of fused-ring (bicyclic) bond motifs is 1. The van der Waals surface area contributed by atoms with Gasteiger partial charge in [-0.1, -0.05) is 11.6 Å². The number of aromatic amines is 2. The largest absolute Gasteiger partial charge is 0.323 e. The monoisotopic (exact) mass is 200 g/mol. The third-order valence-corrected chi connectivity index (χ3v) is 2.51. The summed E-state index contributed by atoms with van der Waals surface area (Å²) in [6.07, 6.45) is 0. The summed E-state index contributed by atoms with van der Waals surface area (Å²) >= 11 is 9.99. The molecular weight excluding hydrogens is 196 g/mol. The van der Waals surface area contributed by atoms with E-state index in [2.05, 4.69) is 22.6 Å². The maximum Gasteiger partial charge on any atom is 0.323 e. The minimum Gasteiger partial charge on any atom is -0.306 e. The third-order valence-electron chi connectivity index (χ3n) is 1.61. The fourth-order valence-electron chi connectivity index (χ4n) is 1.06. The second-order valence-electron chi connectivity index (χ2n) is 2.40. The molecule has 0 aliphatic heterocycles. The molecule has 2 aromatic rings. The molecular formula is C7H5ClN2OS. The highest BCUT2D eigenvalue weighted by Crippen LogP contribution is 2.25. The fraction of sp³-hybridized carbons (Fsp3) is 0. The van der Waals surface area contributed by atoms with Crippen molar-refractivity contribution in [3.63, 3.8) is 0 Å². The summed E-state index contributed by atoms with van der Waals surface area (Å²) in [6.45, 7) is 0. The maximum atomic E-state index is 10.9. The Labute approximate surface area is 78.2 Å². The van der Waals surface area contributed by atoms with E-state index >= 15 is 0 Å². The molecule has 0 amide bonds. The molecule has 2 rings (SSSR count). The van der Waals surface area contributed by atoms with E-state index in [1.807, 2.05) is 0 Å². The molecule has 1 aromatic heterocycles. The zero-order chi connectivity index (χ0) is 8.72. The van der Waals surface area contributed by atoms with Crippen molar-refractivity contribution in [3.05, 3.63) is 27.6 Å². The standard InChI is InChI=1S/C7H5ClN2OS/c8-5-4(12)2-1-3-6(5)10-7(11)9-3/h1-2,12H,(H2,9,10,11). The van der Waals surface area contributed by atoms with E-state index < -0.39 is 0 Å². The SMILES string of the molecule is O=c1[nH]c2ccc(S)c(Cl)c2[nH]1. The summed E-state index contributed by atoms with van der Waals surface area (Å²) in [5.74, 6) is 0. The number of hydrogen-bond acceptors (Lipinski definition) is 2. The van der Waals surface area contributed by atoms with Crippen LogP contribution in [0.25, 0.3) is 11.0 Å². The number of imidazole rings is 1. The number of benzene rings is 1. The second kappa shape index (κ2) is 2.57. The van der Waals surface area contributed by atoms with Crippen LogP contribution in [0, 0.1) is 0 Å². The van der Waals surface area contributed by atoms with Crippen molar-refractivity contribution in [2.75, 3.05) is 0 Å². The fourth-order valence-corrected chi connectivity index (χ4v) is 1.46. The van der Waals surface area contributed by atoms with Gasteiger partial charge in [0.2, 0.25) is 0 Å². The first-order valence-electron chi connectivity index (χ1n) is 3.28. The molecule has 3 nitrogen and oxygen atoms in total. The van der Waals surface area contributed by atoms with E-state index in [9.17, 15) is 4.79 Å². The minimum atomic E-state index is -0.258. The normalized spacial score (nSPS) is 10.8. The van der Waals surface area contributed by atoms with Gasteiger partial charge in [-0.25, -0.2) is 4.79 Å². The Morgan fingerprint density at radius 1 is 1.33 bits per heavy atom. The maximum absolute atomic E-state index is 10.9. The van der Waals surface area contributed by atoms with Crippen molar-refractivity contribution in [3.8, 4) is 0 Å². The van der Waals surface area contributed by atoms with Crippen LogP contribution in [0.2, 0.25) is 5.02 Å². The van der Waals surface area contributed by atoms with E-state index in [1.54, 1.807) is 12.1 Å². The summed E-state index contributed by atoms with van der Waals surface area (Å²) in [5, 5.41) is 0.467. The summed E-state index contributed by atoms with van der Waals surface area (Å²) in [4.78, 5) is 16.7. The molecule has 0 atom stereocenters. The quantitative estimate of drug-likeness (QED) is 0.558. The van der Waals surface area contributed by atoms with Crippen molar-refractivity contribution >= 4 is 35.3 Å². The van der Waals surface area contributed by atoms with Gasteiger partial charge in [0.1, 0.15) is 0 Å². The van der Waals surface area contributed by atoms with Crippen LogP contribution in [0.4, 0.5) is 0 Å². The molecule has 0 spiro atoms. The number of nitrogens with one attached hydrogen (secondary N) is 2. The van der Waals surface area contributed by atoms with Crippen molar-refractivity contribution in [1.82, 2.24) is 9.97 Å². The van der Waals surface area contributed by atoms with E-state index in [4.69, 9.17) is 11.6 Å². The lowest BCUT2D eigenvalue weighted by atomic mass is 10.3. The van der Waals surface area contributed by atoms with Gasteiger partial charge in [-0.3, -0.25) is 0 Å². The summed E-state index contributed by atoms with van der Waals surface area (Å²) in [5.41, 5.74) is 1.04. The molecule has 2 N–H and O–H groups in total. The van der Waals surface area contributed by atoms with Gasteiger partial charge >= 0.3 is 5.69 Å². The highest BCUT2D eigenvalue weighted by atomic mass is 35.5. The summed E-state index contributed by atoms with van der Waals surface area (Å²) in [7, 11) is 0. The predicted octanol–water partition coefficient (Wildman–Crippen LogP) is 1.80. The zero-order valence-corrected chi connectivity index (χ0v) is 7.54. The van der Waals surface area contributed by atoms with Crippen LogP contribution in [0.3, 0.4) is 0 Å². The van der Waals surface area contributed by atoms with Crippen LogP contribution < -0.4 is 5.69 Å². The highest BCUT2D eigenvalue weighted by molar-refractivity contribution is 7.80. The van der Waals surface area contributed by atoms with E-state index in [0.717, 1.165) is 0 Å². The molecule has 1 heterocycles. The molecule has 0 bridgehead atoms. The predicted molar refractivity (Wildman–Crippen MR) is 51.2 cm³/mol. The Morgan fingerprint density at radius 3 is 2.83 bits per heavy atom. The smallest absolute Gasteiger partial charge is 0.306 e. The molecule has 0 radical (unpaired) electrons. The number of halogens is 1. The molecule has 5 heteroatoms. The lowest BCUT2D eigenvalue weighted by molar-refractivity contribution is 1.21. The first-order valence-corrected chi connectivity index (χ1v) is 4.10. The van der Waals surface area contributed by atoms with Gasteiger partial charge < -0.3 is 9.97 Å². The molecule has 0 aliphatic carbocycles. The van der Waals surface area contributed by atoms with E-state index in [1.165, 1.54) is 0 Å². The Morgan fingerprint density at radius 2 is 2.08 bits per heavy atom. The van der Waals surface area contributed by atoms with Gasteiger partial charge in [-0.2, -0.15) is 0 Å². The van der Waals surface area contributed by atoms with Gasteiger partial charge in [0, 0.05) is 4.90 Å². The summed E-state index contributed by atoms with van der Waals surface area (Å²) in [6, 6.07) is 3.49. The average Bonchev–Trinajstić information content (AvgIpc) is 2.39. The van der Waals surface area contributed by atoms with Crippen molar-refractivity contribution in [2.45, 2.75) is 4.90 Å². The zero-order valence-electron chi connectivity index (χ0n) is 5.89. The Kier molecular flexibility index (Phi) is 1.66. The van der Waals surface area contributed by atoms with Gasteiger partial charge in [-0.05, 0) is 12.1 Å². The van der Waals surface area contributed by atoms with Crippen LogP contribution in [0.5, 0.6) is 0 Å². The first-order chi connectivity index (χ1) is 5.68. The van der Waals surface area contributed by atoms with Crippen LogP contribution >= 0.6 is 24.2 Å². The molecule has 0 saturated heterocycles. The lowest BCUT2D eigenvalue weighted by Gasteiger charge is -1.95. The number of thiol groups is 1. The van der Waals surface area contributed by atoms with Gasteiger partial charge in [0.25, 0.3) is 0 Å². The van der Waals surface area contributed by atoms with E-state index in [-0.39, 0.29) is 5.69 Å². The molecule has 0 unspecified atom stereocenters. The Bertz CT molecular complexity index is 488. The number of rotatable bonds is 0. The molecule has 62 valence electrons. The molecule has 1 aromatic carbocycles. The van der Waals surface area contributed by atoms with Crippen LogP contribution in [0.1, 0.15) is 0 Å².